The van der Waals surface area contributed by atoms with Crippen molar-refractivity contribution in [2.45, 2.75) is 51.5 Å². The fourth-order valence-electron chi connectivity index (χ4n) is 3.48. The lowest BCUT2D eigenvalue weighted by Gasteiger charge is -2.50. The predicted octanol–water partition coefficient (Wildman–Crippen LogP) is 1.38. The van der Waals surface area contributed by atoms with Gasteiger partial charge in [-0.1, -0.05) is 29.8 Å². The van der Waals surface area contributed by atoms with Crippen LogP contribution in [0.2, 0.25) is 0 Å². The van der Waals surface area contributed by atoms with Crippen LogP contribution in [0.4, 0.5) is 0 Å². The largest absolute Gasteiger partial charge is 0.394 e. The number of rotatable bonds is 10. The summed E-state index contributed by atoms with van der Waals surface area (Å²) in [6.45, 7) is 9.39. The van der Waals surface area contributed by atoms with Gasteiger partial charge in [-0.15, -0.1) is 0 Å². The fraction of sp³-hybridized carbons (Fsp3) is 1.00. The van der Waals surface area contributed by atoms with Gasteiger partial charge in [-0.25, -0.2) is 0 Å². The molecule has 6 saturated heterocycles. The number of halogens is 1. The van der Waals surface area contributed by atoms with E-state index in [-0.39, 0.29) is 30.7 Å². The molecule has 0 spiro atoms. The Morgan fingerprint density at radius 1 is 0.636 bits per heavy atom. The molecule has 0 amide bonds. The Morgan fingerprint density at radius 2 is 1.03 bits per heavy atom. The third-order valence-electron chi connectivity index (χ3n) is 5.57. The van der Waals surface area contributed by atoms with E-state index in [1.54, 1.807) is 0 Å². The molecule has 4 bridgehead atoms. The highest BCUT2D eigenvalue weighted by Crippen LogP contribution is 2.41. The molecular weight excluding hydrogens is 504 g/mol. The van der Waals surface area contributed by atoms with Gasteiger partial charge in [0.25, 0.3) is 11.9 Å². The van der Waals surface area contributed by atoms with Crippen LogP contribution in [0.1, 0.15) is 39.5 Å². The average Bonchev–Trinajstić information content (AvgIpc) is 2.85. The molecule has 6 heterocycles. The van der Waals surface area contributed by atoms with Gasteiger partial charge >= 0.3 is 0 Å². The molecule has 0 aromatic heterocycles. The minimum atomic E-state index is -0.833. The molecule has 0 saturated carbocycles. The lowest BCUT2D eigenvalue weighted by Crippen LogP contribution is -2.58. The van der Waals surface area contributed by atoms with E-state index in [0.29, 0.717) is 39.5 Å². The highest BCUT2D eigenvalue weighted by atomic mass is 79.9. The zero-order valence-electron chi connectivity index (χ0n) is 19.9. The average molecular weight is 545 g/mol. The summed E-state index contributed by atoms with van der Waals surface area (Å²) in [6.07, 6.45) is 3.30. The summed E-state index contributed by atoms with van der Waals surface area (Å²) < 4.78 is 38.9. The van der Waals surface area contributed by atoms with Gasteiger partial charge in [-0.05, 0) is 12.8 Å². The second-order valence-corrected chi connectivity index (χ2v) is 10.2. The summed E-state index contributed by atoms with van der Waals surface area (Å²) in [5, 5.41) is 24.8. The second kappa shape index (κ2) is 14.0. The van der Waals surface area contributed by atoms with Crippen molar-refractivity contribution in [3.63, 3.8) is 0 Å². The van der Waals surface area contributed by atoms with E-state index in [4.69, 9.17) is 48.5 Å². The van der Waals surface area contributed by atoms with E-state index in [9.17, 15) is 0 Å². The van der Waals surface area contributed by atoms with Crippen LogP contribution in [0.25, 0.3) is 0 Å². The van der Waals surface area contributed by atoms with Crippen LogP contribution in [0.3, 0.4) is 0 Å². The van der Waals surface area contributed by atoms with Crippen LogP contribution < -0.4 is 0 Å². The van der Waals surface area contributed by atoms with Crippen LogP contribution in [0.15, 0.2) is 0 Å². The smallest absolute Gasteiger partial charge is 0.283 e. The Morgan fingerprint density at radius 3 is 1.36 bits per heavy atom. The predicted molar refractivity (Wildman–Crippen MR) is 122 cm³/mol. The Balaban J connectivity index is 0.000000204. The lowest BCUT2D eigenvalue weighted by molar-refractivity contribution is -0.468. The van der Waals surface area contributed by atoms with E-state index < -0.39 is 11.9 Å². The maximum atomic E-state index is 8.55. The van der Waals surface area contributed by atoms with Crippen molar-refractivity contribution in [1.82, 2.24) is 0 Å². The van der Waals surface area contributed by atoms with Gasteiger partial charge in [0, 0.05) is 35.6 Å². The number of aliphatic hydroxyl groups is 3. The Labute approximate surface area is 204 Å². The first kappa shape index (κ1) is 29.3. The highest BCUT2D eigenvalue weighted by molar-refractivity contribution is 9.09. The molecule has 6 aliphatic rings. The molecule has 0 radical (unpaired) electrons. The maximum absolute atomic E-state index is 8.55. The van der Waals surface area contributed by atoms with E-state index in [1.165, 1.54) is 0 Å². The Hall–Kier alpha value is 0.0800. The number of hydrogen-bond acceptors (Lipinski definition) is 10. The van der Waals surface area contributed by atoms with Gasteiger partial charge in [0.15, 0.2) is 0 Å². The molecule has 0 aromatic carbocycles. The summed E-state index contributed by atoms with van der Waals surface area (Å²) in [4.78, 5) is 0. The van der Waals surface area contributed by atoms with Gasteiger partial charge < -0.3 is 48.5 Å². The maximum Gasteiger partial charge on any atom is 0.283 e. The molecule has 196 valence electrons. The summed E-state index contributed by atoms with van der Waals surface area (Å²) in [7, 11) is 0. The van der Waals surface area contributed by atoms with Gasteiger partial charge in [0.2, 0.25) is 0 Å². The van der Waals surface area contributed by atoms with Gasteiger partial charge in [-0.2, -0.15) is 0 Å². The molecule has 10 nitrogen and oxygen atoms in total. The quantitative estimate of drug-likeness (QED) is 0.274. The van der Waals surface area contributed by atoms with E-state index in [1.807, 2.05) is 0 Å². The van der Waals surface area contributed by atoms with Crippen molar-refractivity contribution in [2.24, 2.45) is 10.8 Å². The zero-order valence-corrected chi connectivity index (χ0v) is 21.5. The fourth-order valence-corrected chi connectivity index (χ4v) is 3.76. The Bertz CT molecular complexity index is 492. The van der Waals surface area contributed by atoms with Gasteiger partial charge in [-0.3, -0.25) is 0 Å². The second-order valence-electron chi connectivity index (χ2n) is 9.40. The van der Waals surface area contributed by atoms with Crippen molar-refractivity contribution in [3.8, 4) is 0 Å². The van der Waals surface area contributed by atoms with E-state index in [0.717, 1.165) is 44.4 Å². The monoisotopic (exact) mass is 544 g/mol. The normalized spacial score (nSPS) is 36.5. The summed E-state index contributed by atoms with van der Waals surface area (Å²) in [6, 6.07) is 0. The zero-order chi connectivity index (χ0) is 24.3. The van der Waals surface area contributed by atoms with Crippen molar-refractivity contribution in [2.75, 3.05) is 78.0 Å². The van der Waals surface area contributed by atoms with Crippen molar-refractivity contribution >= 4 is 15.9 Å². The molecule has 0 aliphatic carbocycles. The van der Waals surface area contributed by atoms with Crippen molar-refractivity contribution in [3.05, 3.63) is 0 Å². The summed E-state index contributed by atoms with van der Waals surface area (Å²) >= 11 is 3.39. The first-order valence-corrected chi connectivity index (χ1v) is 12.7. The van der Waals surface area contributed by atoms with Gasteiger partial charge in [0.1, 0.15) is 0 Å². The van der Waals surface area contributed by atoms with E-state index in [2.05, 4.69) is 29.8 Å². The molecule has 33 heavy (non-hydrogen) atoms. The number of aliphatic hydroxyl groups excluding tert-OH is 3. The summed E-state index contributed by atoms with van der Waals surface area (Å²) in [5.74, 6) is -1.55. The molecule has 6 aliphatic heterocycles. The third kappa shape index (κ3) is 9.23. The first-order valence-electron chi connectivity index (χ1n) is 11.6. The number of ether oxygens (including phenoxy) is 7. The molecule has 0 aromatic rings. The minimum absolute atomic E-state index is 0.0230. The number of alkyl halides is 1. The van der Waals surface area contributed by atoms with Crippen LogP contribution in [-0.2, 0) is 33.2 Å². The van der Waals surface area contributed by atoms with E-state index >= 15 is 0 Å². The van der Waals surface area contributed by atoms with Crippen LogP contribution >= 0.6 is 15.9 Å². The highest BCUT2D eigenvalue weighted by Gasteiger charge is 2.50. The van der Waals surface area contributed by atoms with Gasteiger partial charge in [0.05, 0.1) is 66.1 Å². The van der Waals surface area contributed by atoms with Crippen LogP contribution in [0, 0.1) is 10.8 Å². The molecule has 0 atom stereocenters. The first-order chi connectivity index (χ1) is 15.8. The summed E-state index contributed by atoms with van der Waals surface area (Å²) in [5.41, 5.74) is 0.102. The molecule has 6 rings (SSSR count). The number of fused-ring (bicyclic) bond motifs is 6. The number of hydrogen-bond donors (Lipinski definition) is 3. The lowest BCUT2D eigenvalue weighted by atomic mass is 9.91. The Kier molecular flexibility index (Phi) is 12.4. The molecule has 3 N–H and O–H groups in total. The van der Waals surface area contributed by atoms with Crippen LogP contribution in [0.5, 0.6) is 0 Å². The molecule has 0 unspecified atom stereocenters. The minimum Gasteiger partial charge on any atom is -0.394 e. The SMILES string of the molecule is CC12COC(CCCBr)(OC1)OC2.CC12COC(CCCOCCO)(OC1)OC2.OCCO. The topological polar surface area (TPSA) is 125 Å². The van der Waals surface area contributed by atoms with Crippen molar-refractivity contribution < 1.29 is 48.5 Å². The van der Waals surface area contributed by atoms with Crippen LogP contribution in [-0.4, -0.2) is 105 Å². The standard InChI is InChI=1S/C11H20O5.C9H15BrO3.C2H6O2/c1-10-7-14-11(15-8-10,16-9-10)3-2-5-13-6-4-12;1-8-5-11-9(12-6-8,13-7-8)3-2-4-10;3-1-2-4/h12H,2-9H2,1H3;2-7H2,1H3;3-4H,1-2H2. The molecule has 11 heteroatoms. The molecule has 6 fully saturated rings. The molecular formula is C22H41BrO10. The third-order valence-corrected chi connectivity index (χ3v) is 6.13. The van der Waals surface area contributed by atoms with Crippen molar-refractivity contribution in [1.29, 1.82) is 0 Å².